The molecule has 2 aromatic carbocycles. The molecule has 0 bridgehead atoms. The first kappa shape index (κ1) is 20.0. The van der Waals surface area contributed by atoms with E-state index in [9.17, 15) is 9.18 Å². The van der Waals surface area contributed by atoms with Crippen LogP contribution in [0.1, 0.15) is 15.9 Å². The van der Waals surface area contributed by atoms with Crippen LogP contribution in [-0.2, 0) is 6.54 Å². The number of nitrogens with one attached hydrogen (secondary N) is 1. The SMILES string of the molecule is COc1ccc(C(=O)Nc2nn(Cc3c(F)cccc3Cl)cc2Cl)c(OC)c1. The van der Waals surface area contributed by atoms with Crippen molar-refractivity contribution in [2.24, 2.45) is 0 Å². The highest BCUT2D eigenvalue weighted by molar-refractivity contribution is 6.33. The summed E-state index contributed by atoms with van der Waals surface area (Å²) < 4.78 is 25.7. The molecule has 0 unspecified atom stereocenters. The molecule has 0 radical (unpaired) electrons. The Morgan fingerprint density at radius 3 is 2.64 bits per heavy atom. The van der Waals surface area contributed by atoms with Gasteiger partial charge in [-0.2, -0.15) is 5.10 Å². The molecular weight excluding hydrogens is 408 g/mol. The summed E-state index contributed by atoms with van der Waals surface area (Å²) in [7, 11) is 2.97. The van der Waals surface area contributed by atoms with Gasteiger partial charge in [-0.05, 0) is 24.3 Å². The highest BCUT2D eigenvalue weighted by Gasteiger charge is 2.17. The monoisotopic (exact) mass is 423 g/mol. The molecule has 0 atom stereocenters. The number of anilines is 1. The molecule has 3 rings (SSSR count). The average molecular weight is 424 g/mol. The lowest BCUT2D eigenvalue weighted by Gasteiger charge is -2.10. The molecule has 0 aliphatic rings. The van der Waals surface area contributed by atoms with E-state index in [2.05, 4.69) is 10.4 Å². The van der Waals surface area contributed by atoms with Crippen LogP contribution in [0.5, 0.6) is 11.5 Å². The van der Waals surface area contributed by atoms with Crippen LogP contribution in [0.3, 0.4) is 0 Å². The minimum Gasteiger partial charge on any atom is -0.497 e. The zero-order valence-electron chi connectivity index (χ0n) is 15.0. The topological polar surface area (TPSA) is 65.4 Å². The molecule has 0 saturated heterocycles. The van der Waals surface area contributed by atoms with Gasteiger partial charge in [0.05, 0.1) is 26.3 Å². The molecule has 0 aliphatic carbocycles. The number of benzene rings is 2. The van der Waals surface area contributed by atoms with Crippen molar-refractivity contribution in [3.63, 3.8) is 0 Å². The fourth-order valence-corrected chi connectivity index (χ4v) is 2.99. The highest BCUT2D eigenvalue weighted by Crippen LogP contribution is 2.27. The van der Waals surface area contributed by atoms with Crippen molar-refractivity contribution in [2.75, 3.05) is 19.5 Å². The molecule has 0 fully saturated rings. The lowest BCUT2D eigenvalue weighted by Crippen LogP contribution is -2.14. The molecule has 6 nitrogen and oxygen atoms in total. The zero-order valence-corrected chi connectivity index (χ0v) is 16.5. The Balaban J connectivity index is 1.81. The second-order valence-electron chi connectivity index (χ2n) is 5.74. The average Bonchev–Trinajstić information content (AvgIpc) is 3.03. The maximum atomic E-state index is 14.0. The summed E-state index contributed by atoms with van der Waals surface area (Å²) in [6.07, 6.45) is 1.48. The predicted molar refractivity (Wildman–Crippen MR) is 105 cm³/mol. The first-order valence-electron chi connectivity index (χ1n) is 8.12. The number of halogens is 3. The van der Waals surface area contributed by atoms with E-state index in [1.807, 2.05) is 0 Å². The molecule has 1 N–H and O–H groups in total. The summed E-state index contributed by atoms with van der Waals surface area (Å²) in [5.41, 5.74) is 0.559. The number of ether oxygens (including phenoxy) is 2. The van der Waals surface area contributed by atoms with Crippen molar-refractivity contribution < 1.29 is 18.7 Å². The van der Waals surface area contributed by atoms with Crippen molar-refractivity contribution >= 4 is 34.9 Å². The van der Waals surface area contributed by atoms with Crippen LogP contribution in [0.15, 0.2) is 42.6 Å². The lowest BCUT2D eigenvalue weighted by molar-refractivity contribution is 0.102. The largest absolute Gasteiger partial charge is 0.497 e. The molecule has 0 aliphatic heterocycles. The Kier molecular flexibility index (Phi) is 6.06. The molecule has 1 amide bonds. The van der Waals surface area contributed by atoms with Crippen LogP contribution in [0.4, 0.5) is 10.2 Å². The van der Waals surface area contributed by atoms with E-state index < -0.39 is 11.7 Å². The van der Waals surface area contributed by atoms with E-state index in [4.69, 9.17) is 32.7 Å². The maximum Gasteiger partial charge on any atom is 0.260 e. The van der Waals surface area contributed by atoms with Gasteiger partial charge in [-0.15, -0.1) is 0 Å². The second kappa shape index (κ2) is 8.50. The van der Waals surface area contributed by atoms with Gasteiger partial charge in [0.15, 0.2) is 5.82 Å². The quantitative estimate of drug-likeness (QED) is 0.626. The molecule has 3 aromatic rings. The fraction of sp³-hybridized carbons (Fsp3) is 0.158. The molecular formula is C19H16Cl2FN3O3. The van der Waals surface area contributed by atoms with Gasteiger partial charge in [0.1, 0.15) is 22.3 Å². The van der Waals surface area contributed by atoms with Crippen LogP contribution < -0.4 is 14.8 Å². The van der Waals surface area contributed by atoms with Gasteiger partial charge in [0, 0.05) is 22.8 Å². The van der Waals surface area contributed by atoms with Crippen molar-refractivity contribution in [1.82, 2.24) is 9.78 Å². The molecule has 146 valence electrons. The summed E-state index contributed by atoms with van der Waals surface area (Å²) >= 11 is 12.2. The number of rotatable bonds is 6. The number of nitrogens with zero attached hydrogens (tertiary/aromatic N) is 2. The molecule has 9 heteroatoms. The van der Waals surface area contributed by atoms with Crippen LogP contribution in [0, 0.1) is 5.82 Å². The van der Waals surface area contributed by atoms with E-state index >= 15 is 0 Å². The van der Waals surface area contributed by atoms with E-state index in [0.29, 0.717) is 11.5 Å². The Morgan fingerprint density at radius 1 is 1.18 bits per heavy atom. The number of amides is 1. The van der Waals surface area contributed by atoms with Crippen LogP contribution in [-0.4, -0.2) is 29.9 Å². The summed E-state index contributed by atoms with van der Waals surface area (Å²) in [5.74, 6) is 0.114. The number of hydrogen-bond donors (Lipinski definition) is 1. The predicted octanol–water partition coefficient (Wildman–Crippen LogP) is 4.65. The number of carbonyl (C=O) groups is 1. The van der Waals surface area contributed by atoms with Crippen molar-refractivity contribution in [1.29, 1.82) is 0 Å². The maximum absolute atomic E-state index is 14.0. The first-order chi connectivity index (χ1) is 13.4. The zero-order chi connectivity index (χ0) is 20.3. The Bertz CT molecular complexity index is 1000. The van der Waals surface area contributed by atoms with Gasteiger partial charge in [-0.3, -0.25) is 9.48 Å². The third-order valence-electron chi connectivity index (χ3n) is 3.98. The third-order valence-corrected chi connectivity index (χ3v) is 4.61. The van der Waals surface area contributed by atoms with Crippen LogP contribution in [0.2, 0.25) is 10.0 Å². The summed E-state index contributed by atoms with van der Waals surface area (Å²) in [4.78, 5) is 12.6. The smallest absolute Gasteiger partial charge is 0.260 e. The van der Waals surface area contributed by atoms with Gasteiger partial charge in [-0.25, -0.2) is 4.39 Å². The fourth-order valence-electron chi connectivity index (χ4n) is 2.57. The standard InChI is InChI=1S/C19H16Cl2FN3O3/c1-27-11-6-7-12(17(8-11)28-2)19(26)23-18-15(21)10-25(24-18)9-13-14(20)4-3-5-16(13)22/h3-8,10H,9H2,1-2H3,(H,23,24,26). The first-order valence-corrected chi connectivity index (χ1v) is 8.87. The van der Waals surface area contributed by atoms with Crippen LogP contribution in [0.25, 0.3) is 0 Å². The van der Waals surface area contributed by atoms with Crippen LogP contribution >= 0.6 is 23.2 Å². The Labute approximate surface area is 170 Å². The molecule has 28 heavy (non-hydrogen) atoms. The number of methoxy groups -OCH3 is 2. The summed E-state index contributed by atoms with van der Waals surface area (Å²) in [5, 5.41) is 7.31. The summed E-state index contributed by atoms with van der Waals surface area (Å²) in [6, 6.07) is 9.21. The number of hydrogen-bond acceptors (Lipinski definition) is 4. The summed E-state index contributed by atoms with van der Waals surface area (Å²) in [6.45, 7) is 0.0625. The van der Waals surface area contributed by atoms with E-state index in [1.54, 1.807) is 24.3 Å². The third kappa shape index (κ3) is 4.21. The van der Waals surface area contributed by atoms with Gasteiger partial charge in [0.2, 0.25) is 0 Å². The Hall–Kier alpha value is -2.77. The number of aromatic nitrogens is 2. The van der Waals surface area contributed by atoms with Gasteiger partial charge < -0.3 is 14.8 Å². The van der Waals surface area contributed by atoms with Gasteiger partial charge >= 0.3 is 0 Å². The Morgan fingerprint density at radius 2 is 1.96 bits per heavy atom. The van der Waals surface area contributed by atoms with Crippen molar-refractivity contribution in [3.05, 3.63) is 69.6 Å². The van der Waals surface area contributed by atoms with E-state index in [0.717, 1.165) is 0 Å². The number of carbonyl (C=O) groups excluding carboxylic acids is 1. The van der Waals surface area contributed by atoms with E-state index in [1.165, 1.54) is 37.2 Å². The molecule has 1 heterocycles. The van der Waals surface area contributed by atoms with Crippen molar-refractivity contribution in [3.8, 4) is 11.5 Å². The minimum atomic E-state index is -0.462. The van der Waals surface area contributed by atoms with Gasteiger partial charge in [0.25, 0.3) is 5.91 Å². The molecule has 0 spiro atoms. The van der Waals surface area contributed by atoms with Crippen molar-refractivity contribution in [2.45, 2.75) is 6.54 Å². The molecule has 1 aromatic heterocycles. The normalized spacial score (nSPS) is 10.6. The van der Waals surface area contributed by atoms with Gasteiger partial charge in [-0.1, -0.05) is 29.3 Å². The molecule has 0 saturated carbocycles. The second-order valence-corrected chi connectivity index (χ2v) is 6.56. The highest BCUT2D eigenvalue weighted by atomic mass is 35.5. The lowest BCUT2D eigenvalue weighted by atomic mass is 10.1. The minimum absolute atomic E-state index is 0.0625. The van der Waals surface area contributed by atoms with E-state index in [-0.39, 0.29) is 33.5 Å².